The summed E-state index contributed by atoms with van der Waals surface area (Å²) in [6.45, 7) is 0.690. The average molecular weight is 229 g/mol. The predicted molar refractivity (Wildman–Crippen MR) is 66.0 cm³/mol. The number of hydrogen-bond acceptors (Lipinski definition) is 3. The highest BCUT2D eigenvalue weighted by atomic mass is 19.1. The molecule has 0 radical (unpaired) electrons. The second-order valence-corrected chi connectivity index (χ2v) is 4.09. The van der Waals surface area contributed by atoms with Crippen LogP contribution in [0.1, 0.15) is 0 Å². The van der Waals surface area contributed by atoms with Gasteiger partial charge in [0.15, 0.2) is 5.82 Å². The second kappa shape index (κ2) is 3.73. The van der Waals surface area contributed by atoms with E-state index in [0.29, 0.717) is 6.67 Å². The van der Waals surface area contributed by atoms with E-state index in [1.165, 1.54) is 12.1 Å². The summed E-state index contributed by atoms with van der Waals surface area (Å²) in [5.41, 5.74) is 1.89. The molecule has 0 spiro atoms. The van der Waals surface area contributed by atoms with E-state index in [9.17, 15) is 4.39 Å². The summed E-state index contributed by atoms with van der Waals surface area (Å²) in [7, 11) is 2.00. The van der Waals surface area contributed by atoms with Crippen LogP contribution in [0, 0.1) is 5.82 Å². The molecule has 1 aromatic heterocycles. The van der Waals surface area contributed by atoms with Crippen LogP contribution in [-0.2, 0) is 0 Å². The molecule has 3 nitrogen and oxygen atoms in total. The SMILES string of the molecule is CN1CN(c2cccc(F)c2)c2ncccc21. The van der Waals surface area contributed by atoms with Crippen molar-refractivity contribution in [2.75, 3.05) is 23.5 Å². The molecular weight excluding hydrogens is 217 g/mol. The first-order valence-corrected chi connectivity index (χ1v) is 5.45. The Labute approximate surface area is 99.1 Å². The lowest BCUT2D eigenvalue weighted by Crippen LogP contribution is -2.24. The summed E-state index contributed by atoms with van der Waals surface area (Å²) in [6.07, 6.45) is 1.75. The molecule has 0 atom stereocenters. The van der Waals surface area contributed by atoms with Gasteiger partial charge in [-0.25, -0.2) is 9.37 Å². The van der Waals surface area contributed by atoms with Gasteiger partial charge in [-0.3, -0.25) is 0 Å². The van der Waals surface area contributed by atoms with Crippen molar-refractivity contribution in [1.29, 1.82) is 0 Å². The Hall–Kier alpha value is -2.10. The molecule has 2 aromatic rings. The highest BCUT2D eigenvalue weighted by Gasteiger charge is 2.25. The largest absolute Gasteiger partial charge is 0.354 e. The molecule has 0 fully saturated rings. The molecule has 4 heteroatoms. The third-order valence-corrected chi connectivity index (χ3v) is 2.91. The van der Waals surface area contributed by atoms with Gasteiger partial charge >= 0.3 is 0 Å². The number of aromatic nitrogens is 1. The van der Waals surface area contributed by atoms with Crippen LogP contribution in [0.2, 0.25) is 0 Å². The Balaban J connectivity index is 2.07. The molecule has 0 saturated heterocycles. The fourth-order valence-corrected chi connectivity index (χ4v) is 2.10. The minimum Gasteiger partial charge on any atom is -0.354 e. The third kappa shape index (κ3) is 1.62. The predicted octanol–water partition coefficient (Wildman–Crippen LogP) is 2.77. The normalized spacial score (nSPS) is 14.0. The van der Waals surface area contributed by atoms with Crippen molar-refractivity contribution >= 4 is 17.2 Å². The molecule has 17 heavy (non-hydrogen) atoms. The number of fused-ring (bicyclic) bond motifs is 1. The summed E-state index contributed by atoms with van der Waals surface area (Å²) < 4.78 is 13.2. The monoisotopic (exact) mass is 229 g/mol. The number of halogens is 1. The summed E-state index contributed by atoms with van der Waals surface area (Å²) in [5.74, 6) is 0.648. The average Bonchev–Trinajstić information content (AvgIpc) is 2.68. The molecule has 0 amide bonds. The highest BCUT2D eigenvalue weighted by molar-refractivity contribution is 5.78. The minimum absolute atomic E-state index is 0.227. The first-order chi connectivity index (χ1) is 8.25. The van der Waals surface area contributed by atoms with Crippen molar-refractivity contribution in [3.8, 4) is 0 Å². The number of pyridine rings is 1. The molecule has 0 bridgehead atoms. The first kappa shape index (κ1) is 10.1. The smallest absolute Gasteiger partial charge is 0.158 e. The van der Waals surface area contributed by atoms with Crippen LogP contribution in [0.4, 0.5) is 21.6 Å². The molecular formula is C13H12FN3. The van der Waals surface area contributed by atoms with Gasteiger partial charge in [0.25, 0.3) is 0 Å². The van der Waals surface area contributed by atoms with Crippen LogP contribution in [0.15, 0.2) is 42.6 Å². The molecule has 0 unspecified atom stereocenters. The van der Waals surface area contributed by atoms with Crippen LogP contribution in [0.3, 0.4) is 0 Å². The first-order valence-electron chi connectivity index (χ1n) is 5.45. The lowest BCUT2D eigenvalue weighted by atomic mass is 10.3. The van der Waals surface area contributed by atoms with Crippen LogP contribution in [0.5, 0.6) is 0 Å². The molecule has 0 N–H and O–H groups in total. The molecule has 0 aliphatic carbocycles. The van der Waals surface area contributed by atoms with E-state index in [4.69, 9.17) is 0 Å². The van der Waals surface area contributed by atoms with Crippen LogP contribution in [-0.4, -0.2) is 18.7 Å². The van der Waals surface area contributed by atoms with E-state index in [1.54, 1.807) is 12.3 Å². The number of rotatable bonds is 1. The van der Waals surface area contributed by atoms with Crippen molar-refractivity contribution in [2.24, 2.45) is 0 Å². The Morgan fingerprint density at radius 1 is 1.24 bits per heavy atom. The highest BCUT2D eigenvalue weighted by Crippen LogP contribution is 2.37. The van der Waals surface area contributed by atoms with Crippen molar-refractivity contribution < 1.29 is 4.39 Å². The fraction of sp³-hybridized carbons (Fsp3) is 0.154. The van der Waals surface area contributed by atoms with Gasteiger partial charge in [0, 0.05) is 18.9 Å². The second-order valence-electron chi connectivity index (χ2n) is 4.09. The number of benzene rings is 1. The van der Waals surface area contributed by atoms with Gasteiger partial charge < -0.3 is 9.80 Å². The zero-order valence-electron chi connectivity index (χ0n) is 9.47. The van der Waals surface area contributed by atoms with Gasteiger partial charge in [-0.1, -0.05) is 6.07 Å². The molecule has 86 valence electrons. The summed E-state index contributed by atoms with van der Waals surface area (Å²) in [4.78, 5) is 8.45. The standard InChI is InChI=1S/C13H12FN3/c1-16-9-17(11-5-2-4-10(14)8-11)13-12(16)6-3-7-15-13/h2-8H,9H2,1H3. The van der Waals surface area contributed by atoms with E-state index < -0.39 is 0 Å². The fourth-order valence-electron chi connectivity index (χ4n) is 2.10. The maximum Gasteiger partial charge on any atom is 0.158 e. The number of anilines is 3. The van der Waals surface area contributed by atoms with Crippen molar-refractivity contribution in [3.05, 3.63) is 48.4 Å². The van der Waals surface area contributed by atoms with Crippen molar-refractivity contribution in [2.45, 2.75) is 0 Å². The Morgan fingerprint density at radius 3 is 2.94 bits per heavy atom. The minimum atomic E-state index is -0.227. The van der Waals surface area contributed by atoms with Crippen LogP contribution >= 0.6 is 0 Å². The Morgan fingerprint density at radius 2 is 2.12 bits per heavy atom. The maximum atomic E-state index is 13.2. The third-order valence-electron chi connectivity index (χ3n) is 2.91. The molecule has 1 aliphatic heterocycles. The van der Waals surface area contributed by atoms with Crippen molar-refractivity contribution in [3.63, 3.8) is 0 Å². The molecule has 0 saturated carbocycles. The Bertz CT molecular complexity index is 556. The van der Waals surface area contributed by atoms with Gasteiger partial charge in [-0.2, -0.15) is 0 Å². The zero-order chi connectivity index (χ0) is 11.8. The maximum absolute atomic E-state index is 13.2. The lowest BCUT2D eigenvalue weighted by molar-refractivity contribution is 0.627. The van der Waals surface area contributed by atoms with Crippen LogP contribution < -0.4 is 9.80 Å². The quantitative estimate of drug-likeness (QED) is 0.749. The van der Waals surface area contributed by atoms with Crippen molar-refractivity contribution in [1.82, 2.24) is 4.98 Å². The lowest BCUT2D eigenvalue weighted by Gasteiger charge is -2.18. The molecule has 1 aromatic carbocycles. The van der Waals surface area contributed by atoms with Gasteiger partial charge in [-0.05, 0) is 30.3 Å². The zero-order valence-corrected chi connectivity index (χ0v) is 9.47. The van der Waals surface area contributed by atoms with E-state index in [-0.39, 0.29) is 5.82 Å². The Kier molecular flexibility index (Phi) is 2.21. The van der Waals surface area contributed by atoms with Gasteiger partial charge in [0.05, 0.1) is 12.4 Å². The van der Waals surface area contributed by atoms with E-state index in [1.807, 2.05) is 30.1 Å². The van der Waals surface area contributed by atoms with E-state index >= 15 is 0 Å². The summed E-state index contributed by atoms with van der Waals surface area (Å²) in [6, 6.07) is 10.5. The topological polar surface area (TPSA) is 19.4 Å². The number of hydrogen-bond donors (Lipinski definition) is 0. The summed E-state index contributed by atoms with van der Waals surface area (Å²) >= 11 is 0. The summed E-state index contributed by atoms with van der Waals surface area (Å²) in [5, 5.41) is 0. The molecule has 2 heterocycles. The van der Waals surface area contributed by atoms with E-state index in [2.05, 4.69) is 9.88 Å². The van der Waals surface area contributed by atoms with Gasteiger partial charge in [0.2, 0.25) is 0 Å². The van der Waals surface area contributed by atoms with E-state index in [0.717, 1.165) is 17.2 Å². The number of nitrogens with zero attached hydrogens (tertiary/aromatic N) is 3. The van der Waals surface area contributed by atoms with Gasteiger partial charge in [-0.15, -0.1) is 0 Å². The van der Waals surface area contributed by atoms with Gasteiger partial charge in [0.1, 0.15) is 5.82 Å². The molecule has 1 aliphatic rings. The van der Waals surface area contributed by atoms with Crippen LogP contribution in [0.25, 0.3) is 0 Å². The molecule has 3 rings (SSSR count).